The van der Waals surface area contributed by atoms with Crippen molar-refractivity contribution in [3.8, 4) is 17.2 Å². The fourth-order valence-corrected chi connectivity index (χ4v) is 3.52. The molecule has 0 saturated carbocycles. The highest BCUT2D eigenvalue weighted by Crippen LogP contribution is 2.42. The second kappa shape index (κ2) is 5.32. The number of carbonyl (C=O) groups excluding carboxylic acids is 3. The summed E-state index contributed by atoms with van der Waals surface area (Å²) in [7, 11) is 1.37. The molecule has 0 spiro atoms. The Kier molecular flexibility index (Phi) is 3.30. The first kappa shape index (κ1) is 16.1. The van der Waals surface area contributed by atoms with Crippen molar-refractivity contribution in [3.05, 3.63) is 51.6 Å². The average Bonchev–Trinajstić information content (AvgIpc) is 2.57. The number of phenolic OH excluding ortho intramolecular Hbond substituents is 2. The van der Waals surface area contributed by atoms with Crippen LogP contribution in [0.15, 0.2) is 18.2 Å². The number of benzene rings is 2. The molecule has 1 heterocycles. The summed E-state index contributed by atoms with van der Waals surface area (Å²) in [5.74, 6) is -2.81. The van der Waals surface area contributed by atoms with E-state index in [1.165, 1.54) is 25.3 Å². The Balaban J connectivity index is 2.01. The van der Waals surface area contributed by atoms with Crippen LogP contribution in [0, 0.1) is 0 Å². The van der Waals surface area contributed by atoms with Gasteiger partial charge in [-0.15, -0.1) is 0 Å². The molecule has 0 aromatic heterocycles. The molecule has 1 atom stereocenters. The van der Waals surface area contributed by atoms with Gasteiger partial charge >= 0.3 is 5.97 Å². The SMILES string of the molecule is COc1cc(O)c2c(c1)C(=O)c1cc3c(c(O)c1C2=O)C(=O)OC(C)C3. The Morgan fingerprint density at radius 2 is 1.69 bits per heavy atom. The first-order valence-electron chi connectivity index (χ1n) is 7.93. The van der Waals surface area contributed by atoms with Gasteiger partial charge in [0.25, 0.3) is 0 Å². The van der Waals surface area contributed by atoms with Crippen molar-refractivity contribution in [1.29, 1.82) is 0 Å². The standard InChI is InChI=1S/C19H14O7/c1-7-3-8-4-10-15(17(22)13(8)19(24)26-7)18(23)14-11(16(10)21)5-9(25-2)6-12(14)20/h4-7,20,22H,3H2,1-2H3. The van der Waals surface area contributed by atoms with Gasteiger partial charge in [-0.2, -0.15) is 0 Å². The van der Waals surface area contributed by atoms with Crippen LogP contribution < -0.4 is 4.74 Å². The molecule has 0 bridgehead atoms. The highest BCUT2D eigenvalue weighted by molar-refractivity contribution is 6.31. The van der Waals surface area contributed by atoms with Gasteiger partial charge in [0.15, 0.2) is 5.78 Å². The molecule has 1 aliphatic heterocycles. The van der Waals surface area contributed by atoms with E-state index in [0.717, 1.165) is 0 Å². The lowest BCUT2D eigenvalue weighted by atomic mass is 9.80. The number of phenols is 2. The minimum absolute atomic E-state index is 0.00620. The molecule has 0 fully saturated rings. The smallest absolute Gasteiger partial charge is 0.342 e. The van der Waals surface area contributed by atoms with Gasteiger partial charge in [0, 0.05) is 23.6 Å². The van der Waals surface area contributed by atoms with Crippen molar-refractivity contribution in [1.82, 2.24) is 0 Å². The molecule has 7 heteroatoms. The summed E-state index contributed by atoms with van der Waals surface area (Å²) < 4.78 is 10.1. The fourth-order valence-electron chi connectivity index (χ4n) is 3.52. The first-order chi connectivity index (χ1) is 12.3. The average molecular weight is 354 g/mol. The molecule has 2 N–H and O–H groups in total. The van der Waals surface area contributed by atoms with Crippen molar-refractivity contribution >= 4 is 17.5 Å². The molecular formula is C19H14O7. The second-order valence-corrected chi connectivity index (χ2v) is 6.33. The van der Waals surface area contributed by atoms with Gasteiger partial charge in [0.1, 0.15) is 28.9 Å². The van der Waals surface area contributed by atoms with Crippen LogP contribution >= 0.6 is 0 Å². The summed E-state index contributed by atoms with van der Waals surface area (Å²) in [6.45, 7) is 1.70. The minimum atomic E-state index is -0.746. The van der Waals surface area contributed by atoms with Crippen LogP contribution in [-0.2, 0) is 11.2 Å². The van der Waals surface area contributed by atoms with Crippen LogP contribution in [0.3, 0.4) is 0 Å². The molecule has 2 aromatic rings. The molecule has 1 unspecified atom stereocenters. The van der Waals surface area contributed by atoms with Crippen molar-refractivity contribution in [3.63, 3.8) is 0 Å². The Morgan fingerprint density at radius 3 is 2.38 bits per heavy atom. The number of esters is 1. The van der Waals surface area contributed by atoms with Crippen molar-refractivity contribution in [2.45, 2.75) is 19.4 Å². The molecule has 0 amide bonds. The highest BCUT2D eigenvalue weighted by atomic mass is 16.5. The van der Waals surface area contributed by atoms with Gasteiger partial charge in [-0.1, -0.05) is 0 Å². The van der Waals surface area contributed by atoms with E-state index in [0.29, 0.717) is 12.0 Å². The number of fused-ring (bicyclic) bond motifs is 3. The predicted molar refractivity (Wildman–Crippen MR) is 88.2 cm³/mol. The van der Waals surface area contributed by atoms with E-state index in [1.54, 1.807) is 6.92 Å². The molecule has 2 aliphatic rings. The summed E-state index contributed by atoms with van der Waals surface area (Å²) in [4.78, 5) is 38.0. The fraction of sp³-hybridized carbons (Fsp3) is 0.211. The largest absolute Gasteiger partial charge is 0.507 e. The maximum Gasteiger partial charge on any atom is 0.342 e. The van der Waals surface area contributed by atoms with E-state index >= 15 is 0 Å². The molecular weight excluding hydrogens is 340 g/mol. The number of carbonyl (C=O) groups is 3. The van der Waals surface area contributed by atoms with Gasteiger partial charge in [-0.3, -0.25) is 9.59 Å². The lowest BCUT2D eigenvalue weighted by molar-refractivity contribution is 0.0296. The third-order valence-electron chi connectivity index (χ3n) is 4.67. The Hall–Kier alpha value is -3.35. The quantitative estimate of drug-likeness (QED) is 0.643. The zero-order chi connectivity index (χ0) is 18.7. The maximum atomic E-state index is 12.9. The summed E-state index contributed by atoms with van der Waals surface area (Å²) in [6.07, 6.45) is -0.0853. The van der Waals surface area contributed by atoms with Crippen LogP contribution in [0.4, 0.5) is 0 Å². The zero-order valence-corrected chi connectivity index (χ0v) is 14.0. The summed E-state index contributed by atoms with van der Waals surface area (Å²) in [6, 6.07) is 4.02. The zero-order valence-electron chi connectivity index (χ0n) is 14.0. The molecule has 26 heavy (non-hydrogen) atoms. The van der Waals surface area contributed by atoms with Gasteiger partial charge in [-0.05, 0) is 24.6 Å². The molecule has 0 saturated heterocycles. The Labute approximate surface area is 147 Å². The van der Waals surface area contributed by atoms with E-state index in [-0.39, 0.29) is 33.6 Å². The number of cyclic esters (lactones) is 1. The van der Waals surface area contributed by atoms with Crippen molar-refractivity contribution in [2.24, 2.45) is 0 Å². The number of aromatic hydroxyl groups is 2. The van der Waals surface area contributed by atoms with E-state index < -0.39 is 35.1 Å². The normalized spacial score (nSPS) is 17.9. The third-order valence-corrected chi connectivity index (χ3v) is 4.67. The number of hydrogen-bond acceptors (Lipinski definition) is 7. The lowest BCUT2D eigenvalue weighted by Gasteiger charge is -2.26. The maximum absolute atomic E-state index is 12.9. The number of ketones is 2. The summed E-state index contributed by atoms with van der Waals surface area (Å²) in [5, 5.41) is 20.7. The van der Waals surface area contributed by atoms with Crippen LogP contribution in [0.2, 0.25) is 0 Å². The van der Waals surface area contributed by atoms with E-state index in [4.69, 9.17) is 9.47 Å². The number of methoxy groups -OCH3 is 1. The Morgan fingerprint density at radius 1 is 1.00 bits per heavy atom. The number of ether oxygens (including phenoxy) is 2. The first-order valence-corrected chi connectivity index (χ1v) is 7.93. The van der Waals surface area contributed by atoms with Crippen molar-refractivity contribution < 1.29 is 34.1 Å². The van der Waals surface area contributed by atoms with Gasteiger partial charge in [0.05, 0.1) is 18.2 Å². The van der Waals surface area contributed by atoms with Crippen LogP contribution in [0.25, 0.3) is 0 Å². The molecule has 0 radical (unpaired) electrons. The molecule has 1 aliphatic carbocycles. The van der Waals surface area contributed by atoms with Crippen LogP contribution in [0.1, 0.15) is 54.7 Å². The second-order valence-electron chi connectivity index (χ2n) is 6.33. The van der Waals surface area contributed by atoms with E-state index in [9.17, 15) is 24.6 Å². The number of hydrogen-bond donors (Lipinski definition) is 2. The summed E-state index contributed by atoms with van der Waals surface area (Å²) >= 11 is 0. The number of rotatable bonds is 1. The van der Waals surface area contributed by atoms with E-state index in [2.05, 4.69) is 0 Å². The van der Waals surface area contributed by atoms with Crippen LogP contribution in [0.5, 0.6) is 17.2 Å². The molecule has 132 valence electrons. The third kappa shape index (κ3) is 2.03. The molecule has 7 nitrogen and oxygen atoms in total. The monoisotopic (exact) mass is 354 g/mol. The topological polar surface area (TPSA) is 110 Å². The van der Waals surface area contributed by atoms with Crippen LogP contribution in [-0.4, -0.2) is 41.0 Å². The highest BCUT2D eigenvalue weighted by Gasteiger charge is 2.39. The van der Waals surface area contributed by atoms with E-state index in [1.807, 2.05) is 0 Å². The molecule has 4 rings (SSSR count). The summed E-state index contributed by atoms with van der Waals surface area (Å²) in [5.41, 5.74) is -0.205. The van der Waals surface area contributed by atoms with Crippen molar-refractivity contribution in [2.75, 3.05) is 7.11 Å². The minimum Gasteiger partial charge on any atom is -0.507 e. The van der Waals surface area contributed by atoms with Gasteiger partial charge in [0.2, 0.25) is 5.78 Å². The van der Waals surface area contributed by atoms with Gasteiger partial charge in [-0.25, -0.2) is 4.79 Å². The molecule has 2 aromatic carbocycles. The van der Waals surface area contributed by atoms with Gasteiger partial charge < -0.3 is 19.7 Å². The lowest BCUT2D eigenvalue weighted by Crippen LogP contribution is -2.28. The predicted octanol–water partition coefficient (Wildman–Crippen LogP) is 1.98. The Bertz CT molecular complexity index is 1020.